The molecule has 0 aromatic carbocycles. The molecule has 31 heavy (non-hydrogen) atoms. The number of H-pyrrole nitrogens is 1. The summed E-state index contributed by atoms with van der Waals surface area (Å²) < 4.78 is 6.15. The second kappa shape index (κ2) is 8.46. The van der Waals surface area contributed by atoms with Gasteiger partial charge in [-0.3, -0.25) is 4.98 Å². The molecule has 6 heteroatoms. The van der Waals surface area contributed by atoms with Gasteiger partial charge in [0.1, 0.15) is 11.9 Å². The van der Waals surface area contributed by atoms with Crippen LogP contribution in [0.1, 0.15) is 50.2 Å². The molecule has 1 N–H and O–H groups in total. The van der Waals surface area contributed by atoms with Crippen LogP contribution in [0, 0.1) is 6.92 Å². The van der Waals surface area contributed by atoms with E-state index in [2.05, 4.69) is 50.9 Å². The summed E-state index contributed by atoms with van der Waals surface area (Å²) in [5.41, 5.74) is 6.71. The Morgan fingerprint density at radius 3 is 2.55 bits per heavy atom. The topological polar surface area (TPSA) is 76.6 Å². The summed E-state index contributed by atoms with van der Waals surface area (Å²) in [7, 11) is 0. The quantitative estimate of drug-likeness (QED) is 0.456. The van der Waals surface area contributed by atoms with E-state index < -0.39 is 0 Å². The molecule has 0 aliphatic heterocycles. The molecule has 4 aromatic heterocycles. The molecular weight excluding hydrogens is 386 g/mol. The summed E-state index contributed by atoms with van der Waals surface area (Å²) in [6.07, 6.45) is 12.9. The van der Waals surface area contributed by atoms with Crippen LogP contribution in [0.4, 0.5) is 0 Å². The van der Waals surface area contributed by atoms with Crippen LogP contribution in [0.3, 0.4) is 0 Å². The summed E-state index contributed by atoms with van der Waals surface area (Å²) in [6, 6.07) is 8.24. The number of nitrogens with one attached hydrogen (secondary N) is 1. The first kappa shape index (κ1) is 19.7. The first-order chi connectivity index (χ1) is 15.2. The third kappa shape index (κ3) is 4.15. The number of nitrogens with zero attached hydrogens (tertiary/aromatic N) is 4. The maximum atomic E-state index is 6.15. The molecule has 6 nitrogen and oxygen atoms in total. The van der Waals surface area contributed by atoms with E-state index in [9.17, 15) is 0 Å². The molecule has 0 unspecified atom stereocenters. The largest absolute Gasteiger partial charge is 0.474 e. The summed E-state index contributed by atoms with van der Waals surface area (Å²) in [6.45, 7) is 4.17. The molecular formula is C25H27N5O. The van der Waals surface area contributed by atoms with Crippen molar-refractivity contribution in [3.8, 4) is 28.5 Å². The number of imidazole rings is 1. The Bertz CT molecular complexity index is 1190. The average molecular weight is 414 g/mol. The number of hydrogen-bond donors (Lipinski definition) is 1. The van der Waals surface area contributed by atoms with Gasteiger partial charge in [-0.25, -0.2) is 15.0 Å². The van der Waals surface area contributed by atoms with E-state index in [1.54, 1.807) is 0 Å². The zero-order chi connectivity index (χ0) is 21.2. The fourth-order valence-corrected chi connectivity index (χ4v) is 4.14. The average Bonchev–Trinajstić information content (AvgIpc) is 3.24. The van der Waals surface area contributed by atoms with Crippen molar-refractivity contribution >= 4 is 11.2 Å². The summed E-state index contributed by atoms with van der Waals surface area (Å²) in [4.78, 5) is 21.6. The third-order valence-electron chi connectivity index (χ3n) is 6.00. The molecule has 1 fully saturated rings. The number of fused-ring (bicyclic) bond motifs is 1. The van der Waals surface area contributed by atoms with E-state index in [0.717, 1.165) is 64.5 Å². The van der Waals surface area contributed by atoms with Gasteiger partial charge in [0.2, 0.25) is 5.88 Å². The van der Waals surface area contributed by atoms with Crippen molar-refractivity contribution in [3.63, 3.8) is 0 Å². The van der Waals surface area contributed by atoms with Crippen molar-refractivity contribution < 1.29 is 4.74 Å². The number of hydrogen-bond acceptors (Lipinski definition) is 5. The van der Waals surface area contributed by atoms with Crippen LogP contribution in [-0.4, -0.2) is 31.0 Å². The zero-order valence-corrected chi connectivity index (χ0v) is 18.1. The highest BCUT2D eigenvalue weighted by Gasteiger charge is 2.17. The molecule has 4 aromatic rings. The number of ether oxygens (including phenoxy) is 1. The van der Waals surface area contributed by atoms with Gasteiger partial charge in [-0.1, -0.05) is 13.3 Å². The molecule has 1 aliphatic rings. The van der Waals surface area contributed by atoms with Gasteiger partial charge in [0.25, 0.3) is 0 Å². The van der Waals surface area contributed by atoms with E-state index >= 15 is 0 Å². The fraction of sp³-hybridized carbons (Fsp3) is 0.360. The SMILES string of the molecule is CCc1cnc2nc(-c3ccc(-c4cnc(OC5CCCCC5)c(C)c4)nc3)[nH]c2c1. The van der Waals surface area contributed by atoms with E-state index in [0.29, 0.717) is 6.10 Å². The van der Waals surface area contributed by atoms with Crippen LogP contribution in [0.2, 0.25) is 0 Å². The molecule has 5 rings (SSSR count). The molecule has 158 valence electrons. The summed E-state index contributed by atoms with van der Waals surface area (Å²) in [5, 5.41) is 0. The Balaban J connectivity index is 1.35. The number of aromatic nitrogens is 5. The highest BCUT2D eigenvalue weighted by atomic mass is 16.5. The van der Waals surface area contributed by atoms with Crippen molar-refractivity contribution in [2.45, 2.75) is 58.5 Å². The molecule has 0 atom stereocenters. The molecule has 0 amide bonds. The predicted octanol–water partition coefficient (Wildman–Crippen LogP) is 5.66. The van der Waals surface area contributed by atoms with Crippen LogP contribution in [0.15, 0.2) is 42.9 Å². The minimum Gasteiger partial charge on any atom is -0.474 e. The minimum absolute atomic E-state index is 0.301. The molecule has 1 saturated carbocycles. The monoisotopic (exact) mass is 413 g/mol. The van der Waals surface area contributed by atoms with Gasteiger partial charge in [-0.2, -0.15) is 0 Å². The highest BCUT2D eigenvalue weighted by molar-refractivity contribution is 5.76. The number of aromatic amines is 1. The van der Waals surface area contributed by atoms with Crippen molar-refractivity contribution in [1.82, 2.24) is 24.9 Å². The molecule has 1 aliphatic carbocycles. The van der Waals surface area contributed by atoms with Gasteiger partial charge in [0, 0.05) is 35.3 Å². The third-order valence-corrected chi connectivity index (χ3v) is 6.00. The van der Waals surface area contributed by atoms with E-state index in [4.69, 9.17) is 4.74 Å². The Morgan fingerprint density at radius 2 is 1.81 bits per heavy atom. The highest BCUT2D eigenvalue weighted by Crippen LogP contribution is 2.28. The van der Waals surface area contributed by atoms with Crippen LogP contribution in [-0.2, 0) is 6.42 Å². The van der Waals surface area contributed by atoms with Gasteiger partial charge < -0.3 is 9.72 Å². The van der Waals surface area contributed by atoms with Gasteiger partial charge >= 0.3 is 0 Å². The van der Waals surface area contributed by atoms with Gasteiger partial charge in [0.15, 0.2) is 5.65 Å². The smallest absolute Gasteiger partial charge is 0.216 e. The maximum absolute atomic E-state index is 6.15. The first-order valence-electron chi connectivity index (χ1n) is 11.1. The molecule has 4 heterocycles. The summed E-state index contributed by atoms with van der Waals surface area (Å²) in [5.74, 6) is 1.52. The lowest BCUT2D eigenvalue weighted by atomic mass is 9.98. The maximum Gasteiger partial charge on any atom is 0.216 e. The van der Waals surface area contributed by atoms with Gasteiger partial charge in [-0.05, 0) is 68.9 Å². The van der Waals surface area contributed by atoms with Crippen molar-refractivity contribution in [2.75, 3.05) is 0 Å². The lowest BCUT2D eigenvalue weighted by Crippen LogP contribution is -2.20. The van der Waals surface area contributed by atoms with E-state index in [1.807, 2.05) is 30.7 Å². The number of aryl methyl sites for hydroxylation is 2. The standard InChI is InChI=1S/C25H27N5O/c1-3-17-12-22-24(27-13-17)30-23(29-22)18-9-10-21(26-14-18)19-11-16(2)25(28-15-19)31-20-7-5-4-6-8-20/h9-15,20H,3-8H2,1-2H3,(H,27,29,30). The van der Waals surface area contributed by atoms with Crippen molar-refractivity contribution in [1.29, 1.82) is 0 Å². The zero-order valence-electron chi connectivity index (χ0n) is 18.1. The second-order valence-electron chi connectivity index (χ2n) is 8.31. The molecule has 0 radical (unpaired) electrons. The van der Waals surface area contributed by atoms with Crippen LogP contribution >= 0.6 is 0 Å². The lowest BCUT2D eigenvalue weighted by molar-refractivity contribution is 0.147. The Kier molecular flexibility index (Phi) is 5.37. The van der Waals surface area contributed by atoms with Crippen molar-refractivity contribution in [3.05, 3.63) is 54.0 Å². The van der Waals surface area contributed by atoms with Gasteiger partial charge in [-0.15, -0.1) is 0 Å². The Labute approximate surface area is 182 Å². The second-order valence-corrected chi connectivity index (χ2v) is 8.31. The minimum atomic E-state index is 0.301. The number of pyridine rings is 3. The predicted molar refractivity (Wildman–Crippen MR) is 122 cm³/mol. The van der Waals surface area contributed by atoms with Crippen LogP contribution < -0.4 is 4.74 Å². The molecule has 0 spiro atoms. The van der Waals surface area contributed by atoms with Gasteiger partial charge in [0.05, 0.1) is 11.2 Å². The summed E-state index contributed by atoms with van der Waals surface area (Å²) >= 11 is 0. The Morgan fingerprint density at radius 1 is 0.968 bits per heavy atom. The van der Waals surface area contributed by atoms with E-state index in [-0.39, 0.29) is 0 Å². The fourth-order valence-electron chi connectivity index (χ4n) is 4.14. The van der Waals surface area contributed by atoms with Crippen LogP contribution in [0.5, 0.6) is 5.88 Å². The van der Waals surface area contributed by atoms with Crippen LogP contribution in [0.25, 0.3) is 33.8 Å². The Hall–Kier alpha value is -3.28. The van der Waals surface area contributed by atoms with E-state index in [1.165, 1.54) is 24.8 Å². The lowest BCUT2D eigenvalue weighted by Gasteiger charge is -2.23. The van der Waals surface area contributed by atoms with Crippen molar-refractivity contribution in [2.24, 2.45) is 0 Å². The molecule has 0 bridgehead atoms. The first-order valence-corrected chi connectivity index (χ1v) is 11.1. The molecule has 0 saturated heterocycles. The number of rotatable bonds is 5. The normalized spacial score (nSPS) is 14.8.